The molecule has 1 heterocycles. The van der Waals surface area contributed by atoms with E-state index >= 15 is 0 Å². The fraction of sp³-hybridized carbons (Fsp3) is 0.273. The molecule has 1 aromatic heterocycles. The SMILES string of the molecule is Cc1cccc(-n2nc(C(=O)NCCN(C)C)c(=O)n(Cc3ccccc3Cl)c2=O)c1. The molecule has 3 aromatic rings. The normalized spacial score (nSPS) is 11.0. The van der Waals surface area contributed by atoms with E-state index in [2.05, 4.69) is 10.4 Å². The molecule has 8 nitrogen and oxygen atoms in total. The third-order valence-electron chi connectivity index (χ3n) is 4.65. The Morgan fingerprint density at radius 1 is 1.13 bits per heavy atom. The molecule has 0 saturated heterocycles. The Hall–Kier alpha value is -3.23. The summed E-state index contributed by atoms with van der Waals surface area (Å²) in [4.78, 5) is 40.9. The third-order valence-corrected chi connectivity index (χ3v) is 5.02. The van der Waals surface area contributed by atoms with Gasteiger partial charge in [-0.1, -0.05) is 41.9 Å². The second-order valence-electron chi connectivity index (χ2n) is 7.42. The standard InChI is InChI=1S/C22H24ClN5O3/c1-15-7-6-9-17(13-15)28-22(31)27(14-16-8-4-5-10-18(16)23)21(30)19(25-28)20(29)24-11-12-26(2)3/h4-10,13H,11-12,14H2,1-3H3,(H,24,29). The molecule has 162 valence electrons. The Morgan fingerprint density at radius 3 is 2.55 bits per heavy atom. The first kappa shape index (κ1) is 22.5. The molecule has 0 radical (unpaired) electrons. The number of benzene rings is 2. The van der Waals surface area contributed by atoms with E-state index in [1.54, 1.807) is 42.5 Å². The third kappa shape index (κ3) is 5.28. The number of amides is 1. The van der Waals surface area contributed by atoms with Crippen molar-refractivity contribution in [3.05, 3.63) is 91.2 Å². The molecule has 0 bridgehead atoms. The summed E-state index contributed by atoms with van der Waals surface area (Å²) in [5, 5.41) is 7.22. The van der Waals surface area contributed by atoms with Crippen LogP contribution >= 0.6 is 11.6 Å². The number of hydrogen-bond donors (Lipinski definition) is 1. The van der Waals surface area contributed by atoms with Crippen molar-refractivity contribution in [2.24, 2.45) is 0 Å². The fourth-order valence-corrected chi connectivity index (χ4v) is 3.19. The average molecular weight is 442 g/mol. The van der Waals surface area contributed by atoms with Gasteiger partial charge in [-0.05, 0) is 50.3 Å². The van der Waals surface area contributed by atoms with Crippen LogP contribution in [0.4, 0.5) is 0 Å². The van der Waals surface area contributed by atoms with E-state index in [0.29, 0.717) is 29.4 Å². The van der Waals surface area contributed by atoms with Crippen molar-refractivity contribution in [3.8, 4) is 5.69 Å². The average Bonchev–Trinajstić information content (AvgIpc) is 2.72. The fourth-order valence-electron chi connectivity index (χ4n) is 3.00. The minimum absolute atomic E-state index is 0.0797. The summed E-state index contributed by atoms with van der Waals surface area (Å²) in [6.07, 6.45) is 0. The number of aromatic nitrogens is 3. The highest BCUT2D eigenvalue weighted by Gasteiger charge is 2.21. The van der Waals surface area contributed by atoms with Crippen molar-refractivity contribution < 1.29 is 4.79 Å². The molecule has 31 heavy (non-hydrogen) atoms. The molecule has 0 aliphatic carbocycles. The molecule has 9 heteroatoms. The molecule has 3 rings (SSSR count). The molecule has 1 N–H and O–H groups in total. The zero-order valence-corrected chi connectivity index (χ0v) is 18.4. The zero-order chi connectivity index (χ0) is 22.5. The number of rotatable bonds is 7. The summed E-state index contributed by atoms with van der Waals surface area (Å²) >= 11 is 6.23. The van der Waals surface area contributed by atoms with Gasteiger partial charge in [-0.15, -0.1) is 0 Å². The molecule has 1 amide bonds. The van der Waals surface area contributed by atoms with Crippen molar-refractivity contribution >= 4 is 17.5 Å². The van der Waals surface area contributed by atoms with Crippen LogP contribution in [0.25, 0.3) is 5.69 Å². The van der Waals surface area contributed by atoms with Gasteiger partial charge in [0.2, 0.25) is 5.69 Å². The van der Waals surface area contributed by atoms with Gasteiger partial charge >= 0.3 is 5.69 Å². The summed E-state index contributed by atoms with van der Waals surface area (Å²) in [6.45, 7) is 2.73. The van der Waals surface area contributed by atoms with Crippen LogP contribution in [0.5, 0.6) is 0 Å². The zero-order valence-electron chi connectivity index (χ0n) is 17.6. The lowest BCUT2D eigenvalue weighted by Gasteiger charge is -2.14. The topological polar surface area (TPSA) is 89.2 Å². The molecule has 0 spiro atoms. The van der Waals surface area contributed by atoms with Crippen molar-refractivity contribution in [2.75, 3.05) is 27.2 Å². The number of likely N-dealkylation sites (N-methyl/N-ethyl adjacent to an activating group) is 1. The monoisotopic (exact) mass is 441 g/mol. The number of halogens is 1. The van der Waals surface area contributed by atoms with Crippen LogP contribution in [0.1, 0.15) is 21.6 Å². The maximum Gasteiger partial charge on any atom is 0.352 e. The number of nitrogens with one attached hydrogen (secondary N) is 1. The van der Waals surface area contributed by atoms with Gasteiger partial charge in [-0.2, -0.15) is 9.78 Å². The van der Waals surface area contributed by atoms with Gasteiger partial charge in [0.05, 0.1) is 12.2 Å². The molecule has 0 saturated carbocycles. The predicted molar refractivity (Wildman–Crippen MR) is 120 cm³/mol. The highest BCUT2D eigenvalue weighted by molar-refractivity contribution is 6.31. The van der Waals surface area contributed by atoms with Gasteiger partial charge in [0.25, 0.3) is 11.5 Å². The van der Waals surface area contributed by atoms with Crippen LogP contribution in [-0.4, -0.2) is 52.3 Å². The maximum atomic E-state index is 13.2. The second kappa shape index (κ2) is 9.72. The molecule has 0 aliphatic rings. The first-order chi connectivity index (χ1) is 14.8. The van der Waals surface area contributed by atoms with Gasteiger partial charge in [-0.25, -0.2) is 4.79 Å². The molecular weight excluding hydrogens is 418 g/mol. The molecule has 0 atom stereocenters. The summed E-state index contributed by atoms with van der Waals surface area (Å²) in [5.41, 5.74) is 0.181. The van der Waals surface area contributed by atoms with Crippen molar-refractivity contribution in [2.45, 2.75) is 13.5 Å². The van der Waals surface area contributed by atoms with Crippen molar-refractivity contribution in [3.63, 3.8) is 0 Å². The number of nitrogens with zero attached hydrogens (tertiary/aromatic N) is 4. The van der Waals surface area contributed by atoms with E-state index in [1.165, 1.54) is 0 Å². The van der Waals surface area contributed by atoms with Gasteiger partial charge in [-0.3, -0.25) is 14.2 Å². The summed E-state index contributed by atoms with van der Waals surface area (Å²) < 4.78 is 2.06. The number of carbonyl (C=O) groups is 1. The first-order valence-corrected chi connectivity index (χ1v) is 10.1. The highest BCUT2D eigenvalue weighted by atomic mass is 35.5. The number of aryl methyl sites for hydroxylation is 1. The van der Waals surface area contributed by atoms with Gasteiger partial charge < -0.3 is 10.2 Å². The van der Waals surface area contributed by atoms with Crippen molar-refractivity contribution in [1.29, 1.82) is 0 Å². The lowest BCUT2D eigenvalue weighted by molar-refractivity contribution is 0.0941. The van der Waals surface area contributed by atoms with Gasteiger partial charge in [0.15, 0.2) is 0 Å². The maximum absolute atomic E-state index is 13.2. The summed E-state index contributed by atoms with van der Waals surface area (Å²) in [6, 6.07) is 14.0. The lowest BCUT2D eigenvalue weighted by Crippen LogP contribution is -2.46. The van der Waals surface area contributed by atoms with Gasteiger partial charge in [0, 0.05) is 18.1 Å². The minimum Gasteiger partial charge on any atom is -0.349 e. The van der Waals surface area contributed by atoms with Crippen molar-refractivity contribution in [1.82, 2.24) is 24.6 Å². The molecule has 2 aromatic carbocycles. The van der Waals surface area contributed by atoms with Gasteiger partial charge in [0.1, 0.15) is 0 Å². The van der Waals surface area contributed by atoms with E-state index in [1.807, 2.05) is 32.0 Å². The largest absolute Gasteiger partial charge is 0.352 e. The Morgan fingerprint density at radius 2 is 1.87 bits per heavy atom. The van der Waals surface area contributed by atoms with Crippen LogP contribution in [0.2, 0.25) is 5.02 Å². The Bertz CT molecular complexity index is 1220. The van der Waals surface area contributed by atoms with E-state index in [9.17, 15) is 14.4 Å². The van der Waals surface area contributed by atoms with E-state index in [4.69, 9.17) is 11.6 Å². The second-order valence-corrected chi connectivity index (χ2v) is 7.83. The van der Waals surface area contributed by atoms with Crippen LogP contribution in [0, 0.1) is 6.92 Å². The number of carbonyl (C=O) groups excluding carboxylic acids is 1. The van der Waals surface area contributed by atoms with E-state index in [0.717, 1.165) is 14.8 Å². The smallest absolute Gasteiger partial charge is 0.349 e. The van der Waals surface area contributed by atoms with E-state index in [-0.39, 0.29) is 12.2 Å². The van der Waals surface area contributed by atoms with E-state index < -0.39 is 17.2 Å². The summed E-state index contributed by atoms with van der Waals surface area (Å²) in [7, 11) is 3.75. The molecule has 0 aliphatic heterocycles. The number of hydrogen-bond acceptors (Lipinski definition) is 5. The van der Waals surface area contributed by atoms with Crippen LogP contribution in [0.3, 0.4) is 0 Å². The molecule has 0 unspecified atom stereocenters. The Labute approximate surface area is 184 Å². The first-order valence-electron chi connectivity index (χ1n) is 9.75. The minimum atomic E-state index is -0.767. The quantitative estimate of drug-likeness (QED) is 0.602. The molecule has 0 fully saturated rings. The Balaban J connectivity index is 2.13. The lowest BCUT2D eigenvalue weighted by atomic mass is 10.2. The Kier molecular flexibility index (Phi) is 7.04. The summed E-state index contributed by atoms with van der Waals surface area (Å²) in [5.74, 6) is -0.638. The van der Waals surface area contributed by atoms with Crippen LogP contribution in [0.15, 0.2) is 58.1 Å². The molecular formula is C22H24ClN5O3. The highest BCUT2D eigenvalue weighted by Crippen LogP contribution is 2.15. The predicted octanol–water partition coefficient (Wildman–Crippen LogP) is 1.70. The van der Waals surface area contributed by atoms with Crippen LogP contribution in [-0.2, 0) is 6.54 Å². The van der Waals surface area contributed by atoms with Crippen LogP contribution < -0.4 is 16.6 Å².